The minimum atomic E-state index is -0.584. The van der Waals surface area contributed by atoms with Crippen molar-refractivity contribution >= 4 is 23.6 Å². The minimum absolute atomic E-state index is 0.191. The van der Waals surface area contributed by atoms with Gasteiger partial charge in [-0.25, -0.2) is 0 Å². The van der Waals surface area contributed by atoms with E-state index in [4.69, 9.17) is 22.9 Å². The number of hydrogen-bond donors (Lipinski definition) is 6. The second kappa shape index (κ2) is 16.0. The third-order valence-electron chi connectivity index (χ3n) is 7.20. The van der Waals surface area contributed by atoms with Crippen LogP contribution in [0.1, 0.15) is 89.4 Å². The molecular formula is C32H40N6O4. The molecule has 10 heteroatoms. The van der Waals surface area contributed by atoms with Crippen molar-refractivity contribution in [3.63, 3.8) is 0 Å². The van der Waals surface area contributed by atoms with Gasteiger partial charge in [-0.1, -0.05) is 36.4 Å². The van der Waals surface area contributed by atoms with Gasteiger partial charge in [0.15, 0.2) is 0 Å². The number of unbranched alkanes of at least 4 members (excludes halogenated alkanes) is 2. The Labute approximate surface area is 246 Å². The van der Waals surface area contributed by atoms with Crippen molar-refractivity contribution in [3.05, 3.63) is 105 Å². The van der Waals surface area contributed by atoms with Crippen molar-refractivity contribution in [3.8, 4) is 0 Å². The molecule has 0 saturated heterocycles. The first-order chi connectivity index (χ1) is 20.3. The molecule has 0 atom stereocenters. The van der Waals surface area contributed by atoms with E-state index in [2.05, 4.69) is 10.6 Å². The van der Waals surface area contributed by atoms with Crippen LogP contribution in [0, 0.1) is 0 Å². The van der Waals surface area contributed by atoms with E-state index < -0.39 is 11.8 Å². The van der Waals surface area contributed by atoms with Gasteiger partial charge in [-0.15, -0.1) is 0 Å². The third-order valence-corrected chi connectivity index (χ3v) is 7.20. The first-order valence-corrected chi connectivity index (χ1v) is 14.1. The molecule has 3 rings (SSSR count). The summed E-state index contributed by atoms with van der Waals surface area (Å²) in [6, 6.07) is 17.5. The Hall–Kier alpha value is -4.54. The number of nitrogens with one attached hydrogen (secondary N) is 2. The molecule has 3 aromatic carbocycles. The summed E-state index contributed by atoms with van der Waals surface area (Å²) in [6.45, 7) is 1.41. The molecule has 222 valence electrons. The molecular weight excluding hydrogens is 532 g/mol. The van der Waals surface area contributed by atoms with E-state index in [1.165, 1.54) is 0 Å². The van der Waals surface area contributed by atoms with Gasteiger partial charge >= 0.3 is 0 Å². The Morgan fingerprint density at radius 1 is 0.524 bits per heavy atom. The summed E-state index contributed by atoms with van der Waals surface area (Å²) in [4.78, 5) is 49.7. The first kappa shape index (κ1) is 32.0. The van der Waals surface area contributed by atoms with Crippen LogP contribution in [-0.4, -0.2) is 36.7 Å². The van der Waals surface area contributed by atoms with E-state index in [1.807, 2.05) is 24.3 Å². The van der Waals surface area contributed by atoms with Crippen LogP contribution in [0.4, 0.5) is 0 Å². The van der Waals surface area contributed by atoms with E-state index in [-0.39, 0.29) is 24.9 Å². The van der Waals surface area contributed by atoms with Crippen LogP contribution in [0.25, 0.3) is 0 Å². The molecule has 0 unspecified atom stereocenters. The maximum atomic E-state index is 12.6. The lowest BCUT2D eigenvalue weighted by Gasteiger charge is -2.17. The molecule has 0 aliphatic heterocycles. The molecule has 4 amide bonds. The zero-order valence-corrected chi connectivity index (χ0v) is 23.8. The number of primary amides is 2. The molecule has 0 bridgehead atoms. The fourth-order valence-corrected chi connectivity index (χ4v) is 5.01. The molecule has 0 spiro atoms. The highest BCUT2D eigenvalue weighted by Crippen LogP contribution is 2.24. The summed E-state index contributed by atoms with van der Waals surface area (Å²) in [5.41, 5.74) is 27.6. The predicted molar refractivity (Wildman–Crippen MR) is 163 cm³/mol. The highest BCUT2D eigenvalue weighted by atomic mass is 16.2. The van der Waals surface area contributed by atoms with E-state index in [9.17, 15) is 19.2 Å². The van der Waals surface area contributed by atoms with Crippen LogP contribution in [0.15, 0.2) is 60.7 Å². The van der Waals surface area contributed by atoms with E-state index in [0.29, 0.717) is 85.0 Å². The van der Waals surface area contributed by atoms with Crippen LogP contribution in [0.5, 0.6) is 0 Å². The maximum absolute atomic E-state index is 12.6. The average molecular weight is 573 g/mol. The van der Waals surface area contributed by atoms with Gasteiger partial charge in [-0.3, -0.25) is 19.2 Å². The second-order valence-electron chi connectivity index (χ2n) is 9.99. The monoisotopic (exact) mass is 572 g/mol. The Kier molecular flexibility index (Phi) is 12.2. The molecule has 10 nitrogen and oxygen atoms in total. The zero-order valence-electron chi connectivity index (χ0n) is 23.8. The summed E-state index contributed by atoms with van der Waals surface area (Å²) < 4.78 is 0. The second-order valence-corrected chi connectivity index (χ2v) is 9.99. The first-order valence-electron chi connectivity index (χ1n) is 14.1. The van der Waals surface area contributed by atoms with Gasteiger partial charge < -0.3 is 33.6 Å². The van der Waals surface area contributed by atoms with Crippen molar-refractivity contribution in [1.82, 2.24) is 10.6 Å². The molecule has 3 aromatic rings. The summed E-state index contributed by atoms with van der Waals surface area (Å²) >= 11 is 0. The maximum Gasteiger partial charge on any atom is 0.251 e. The van der Waals surface area contributed by atoms with Crippen molar-refractivity contribution in [1.29, 1.82) is 0 Å². The predicted octanol–water partition coefficient (Wildman–Crippen LogP) is 2.31. The van der Waals surface area contributed by atoms with Gasteiger partial charge in [0.2, 0.25) is 11.8 Å². The molecule has 0 radical (unpaired) electrons. The van der Waals surface area contributed by atoms with Gasteiger partial charge in [-0.2, -0.15) is 0 Å². The van der Waals surface area contributed by atoms with Crippen LogP contribution in [0.2, 0.25) is 0 Å². The van der Waals surface area contributed by atoms with Gasteiger partial charge in [0.05, 0.1) is 0 Å². The highest BCUT2D eigenvalue weighted by molar-refractivity contribution is 5.99. The molecule has 0 aliphatic carbocycles. The van der Waals surface area contributed by atoms with Crippen LogP contribution in [-0.2, 0) is 25.9 Å². The highest BCUT2D eigenvalue weighted by Gasteiger charge is 2.19. The lowest BCUT2D eigenvalue weighted by atomic mass is 9.88. The Bertz CT molecular complexity index is 1320. The number of nitrogens with two attached hydrogens (primary N) is 4. The largest absolute Gasteiger partial charge is 0.366 e. The minimum Gasteiger partial charge on any atom is -0.366 e. The van der Waals surface area contributed by atoms with Crippen LogP contribution in [0.3, 0.4) is 0 Å². The molecule has 0 heterocycles. The lowest BCUT2D eigenvalue weighted by molar-refractivity contribution is 0.0943. The van der Waals surface area contributed by atoms with E-state index in [0.717, 1.165) is 11.1 Å². The Morgan fingerprint density at radius 3 is 1.26 bits per heavy atom. The third kappa shape index (κ3) is 8.48. The molecule has 42 heavy (non-hydrogen) atoms. The number of carbonyl (C=O) groups excluding carboxylic acids is 4. The number of amides is 4. The average Bonchev–Trinajstić information content (AvgIpc) is 3.00. The zero-order chi connectivity index (χ0) is 30.5. The van der Waals surface area contributed by atoms with Crippen molar-refractivity contribution in [2.75, 3.05) is 13.1 Å². The van der Waals surface area contributed by atoms with Crippen LogP contribution < -0.4 is 33.6 Å². The van der Waals surface area contributed by atoms with E-state index in [1.54, 1.807) is 36.4 Å². The van der Waals surface area contributed by atoms with Gasteiger partial charge in [0.25, 0.3) is 11.8 Å². The quantitative estimate of drug-likeness (QED) is 0.142. The van der Waals surface area contributed by atoms with Gasteiger partial charge in [-0.05, 0) is 85.0 Å². The Morgan fingerprint density at radius 2 is 0.905 bits per heavy atom. The molecule has 0 fully saturated rings. The summed E-state index contributed by atoms with van der Waals surface area (Å²) in [7, 11) is 0. The van der Waals surface area contributed by atoms with Crippen molar-refractivity contribution in [2.24, 2.45) is 22.9 Å². The summed E-state index contributed by atoms with van der Waals surface area (Å²) in [6.07, 6.45) is 3.54. The molecule has 10 N–H and O–H groups in total. The topological polar surface area (TPSA) is 196 Å². The lowest BCUT2D eigenvalue weighted by Crippen LogP contribution is -2.26. The summed E-state index contributed by atoms with van der Waals surface area (Å²) in [5.74, 6) is -1.55. The van der Waals surface area contributed by atoms with Crippen molar-refractivity contribution in [2.45, 2.75) is 51.6 Å². The number of rotatable bonds is 16. The van der Waals surface area contributed by atoms with Crippen LogP contribution >= 0.6 is 0 Å². The van der Waals surface area contributed by atoms with Crippen molar-refractivity contribution < 1.29 is 19.2 Å². The number of carbonyl (C=O) groups is 4. The number of benzene rings is 3. The van der Waals surface area contributed by atoms with E-state index >= 15 is 0 Å². The van der Waals surface area contributed by atoms with Gasteiger partial charge in [0.1, 0.15) is 0 Å². The fraction of sp³-hybridized carbons (Fsp3) is 0.312. The smallest absolute Gasteiger partial charge is 0.251 e. The normalized spacial score (nSPS) is 10.7. The number of hydrogen-bond acceptors (Lipinski definition) is 6. The molecule has 0 aliphatic rings. The van der Waals surface area contributed by atoms with Gasteiger partial charge in [0, 0.05) is 48.4 Å². The summed E-state index contributed by atoms with van der Waals surface area (Å²) in [5, 5.41) is 5.83. The fourth-order valence-electron chi connectivity index (χ4n) is 5.01. The standard InChI is InChI=1S/C32H40N6O4/c33-19-21-9-1-3-11-23(21)31(41)37-17-7-5-13-25-26(28(30(36)40)16-15-27(25)29(35)39)14-6-8-18-38-32(42)24-12-4-2-10-22(24)20-34/h1-4,9-12,15-16H,5-8,13-14,17-20,33-34H2,(H2,35,39)(H2,36,40)(H,37,41)(H,38,42). The molecule has 0 saturated carbocycles. The SMILES string of the molecule is NCc1ccccc1C(=O)NCCCCc1c(C(N)=O)ccc(C(N)=O)c1CCCCNC(=O)c1ccccc1CN. The Balaban J connectivity index is 1.61. The molecule has 0 aromatic heterocycles.